The van der Waals surface area contributed by atoms with Crippen molar-refractivity contribution >= 4 is 22.6 Å². The first-order valence-corrected chi connectivity index (χ1v) is 6.60. The van der Waals surface area contributed by atoms with Crippen LogP contribution in [0.25, 0.3) is 10.9 Å². The topological polar surface area (TPSA) is 67.0 Å². The summed E-state index contributed by atoms with van der Waals surface area (Å²) in [5.41, 5.74) is 1.99. The molecule has 3 rings (SSSR count). The monoisotopic (exact) mass is 281 g/mol. The molecular formula is C16H15N3O2. The molecule has 0 aliphatic heterocycles. The van der Waals surface area contributed by atoms with Gasteiger partial charge in [-0.15, -0.1) is 0 Å². The summed E-state index contributed by atoms with van der Waals surface area (Å²) in [5.74, 6) is 1.07. The van der Waals surface area contributed by atoms with Gasteiger partial charge in [0.25, 0.3) is 0 Å². The molecule has 5 heteroatoms. The van der Waals surface area contributed by atoms with Crippen molar-refractivity contribution in [3.63, 3.8) is 0 Å². The van der Waals surface area contributed by atoms with E-state index in [1.54, 1.807) is 25.4 Å². The summed E-state index contributed by atoms with van der Waals surface area (Å²) in [7, 11) is 1.58. The van der Waals surface area contributed by atoms with Gasteiger partial charge in [-0.1, -0.05) is 12.1 Å². The molecule has 1 aromatic carbocycles. The van der Waals surface area contributed by atoms with Crippen molar-refractivity contribution in [3.8, 4) is 5.75 Å². The molecule has 106 valence electrons. The fraction of sp³-hybridized carbons (Fsp3) is 0.125. The van der Waals surface area contributed by atoms with Gasteiger partial charge in [0.2, 0.25) is 5.91 Å². The van der Waals surface area contributed by atoms with Crippen molar-refractivity contribution in [1.82, 2.24) is 9.97 Å². The largest absolute Gasteiger partial charge is 0.495 e. The number of amides is 1. The number of benzene rings is 1. The summed E-state index contributed by atoms with van der Waals surface area (Å²) in [4.78, 5) is 19.3. The van der Waals surface area contributed by atoms with E-state index in [4.69, 9.17) is 4.74 Å². The maximum atomic E-state index is 12.0. The number of ether oxygens (including phenoxy) is 1. The van der Waals surface area contributed by atoms with E-state index >= 15 is 0 Å². The van der Waals surface area contributed by atoms with E-state index < -0.39 is 0 Å². The molecule has 0 saturated carbocycles. The molecule has 5 nitrogen and oxygen atoms in total. The molecule has 0 radical (unpaired) electrons. The Bertz CT molecular complexity index is 763. The minimum Gasteiger partial charge on any atom is -0.495 e. The second-order valence-electron chi connectivity index (χ2n) is 4.71. The number of pyridine rings is 1. The minimum absolute atomic E-state index is 0.0985. The van der Waals surface area contributed by atoms with Crippen LogP contribution in [0.1, 0.15) is 5.56 Å². The van der Waals surface area contributed by atoms with E-state index in [2.05, 4.69) is 15.3 Å². The van der Waals surface area contributed by atoms with Crippen LogP contribution in [0, 0.1) is 0 Å². The molecule has 21 heavy (non-hydrogen) atoms. The molecule has 2 aromatic heterocycles. The number of fused-ring (bicyclic) bond motifs is 1. The number of aromatic amines is 1. The van der Waals surface area contributed by atoms with Crippen LogP contribution in [0.15, 0.2) is 48.8 Å². The summed E-state index contributed by atoms with van der Waals surface area (Å²) >= 11 is 0. The van der Waals surface area contributed by atoms with Gasteiger partial charge < -0.3 is 15.0 Å². The van der Waals surface area contributed by atoms with Gasteiger partial charge in [0, 0.05) is 11.7 Å². The molecule has 0 bridgehead atoms. The number of carbonyl (C=O) groups is 1. The molecule has 0 aliphatic rings. The zero-order valence-electron chi connectivity index (χ0n) is 11.6. The van der Waals surface area contributed by atoms with Crippen LogP contribution < -0.4 is 10.1 Å². The maximum absolute atomic E-state index is 12.0. The quantitative estimate of drug-likeness (QED) is 0.772. The van der Waals surface area contributed by atoms with E-state index in [1.807, 2.05) is 30.5 Å². The number of carbonyl (C=O) groups excluding carboxylic acids is 1. The third-order valence-corrected chi connectivity index (χ3v) is 3.22. The minimum atomic E-state index is -0.0985. The van der Waals surface area contributed by atoms with Crippen LogP contribution in [-0.4, -0.2) is 23.0 Å². The summed E-state index contributed by atoms with van der Waals surface area (Å²) in [6.45, 7) is 0. The molecular weight excluding hydrogens is 266 g/mol. The molecule has 1 amide bonds. The first-order chi connectivity index (χ1) is 10.2. The Morgan fingerprint density at radius 2 is 2.19 bits per heavy atom. The first kappa shape index (κ1) is 13.2. The van der Waals surface area contributed by atoms with Crippen molar-refractivity contribution in [2.75, 3.05) is 12.4 Å². The first-order valence-electron chi connectivity index (χ1n) is 6.60. The Morgan fingerprint density at radius 3 is 2.95 bits per heavy atom. The highest BCUT2D eigenvalue weighted by Crippen LogP contribution is 2.15. The number of hydrogen-bond donors (Lipinski definition) is 2. The maximum Gasteiger partial charge on any atom is 0.229 e. The van der Waals surface area contributed by atoms with Gasteiger partial charge in [0.05, 0.1) is 19.7 Å². The van der Waals surface area contributed by atoms with E-state index in [0.717, 1.165) is 16.5 Å². The Labute approximate surface area is 122 Å². The molecule has 0 spiro atoms. The second kappa shape index (κ2) is 5.66. The van der Waals surface area contributed by atoms with Crippen LogP contribution in [-0.2, 0) is 11.2 Å². The normalized spacial score (nSPS) is 10.5. The molecule has 0 saturated heterocycles. The predicted octanol–water partition coefficient (Wildman–Crippen LogP) is 2.75. The SMILES string of the molecule is COc1ccc(NC(=O)Cc2ccc3cc[nH]c3c2)nc1. The van der Waals surface area contributed by atoms with Gasteiger partial charge >= 0.3 is 0 Å². The highest BCUT2D eigenvalue weighted by Gasteiger charge is 2.06. The Kier molecular flexibility index (Phi) is 3.55. The van der Waals surface area contributed by atoms with Crippen molar-refractivity contribution in [3.05, 3.63) is 54.4 Å². The van der Waals surface area contributed by atoms with Gasteiger partial charge in [0.1, 0.15) is 11.6 Å². The van der Waals surface area contributed by atoms with Crippen LogP contribution in [0.5, 0.6) is 5.75 Å². The fourth-order valence-electron chi connectivity index (χ4n) is 2.15. The molecule has 0 unspecified atom stereocenters. The summed E-state index contributed by atoms with van der Waals surface area (Å²) in [5, 5.41) is 3.90. The van der Waals surface area contributed by atoms with Crippen LogP contribution in [0.4, 0.5) is 5.82 Å². The van der Waals surface area contributed by atoms with E-state index in [9.17, 15) is 4.79 Å². The number of anilines is 1. The van der Waals surface area contributed by atoms with Gasteiger partial charge in [0.15, 0.2) is 0 Å². The lowest BCUT2D eigenvalue weighted by atomic mass is 10.1. The number of nitrogens with one attached hydrogen (secondary N) is 2. The average molecular weight is 281 g/mol. The van der Waals surface area contributed by atoms with E-state index in [-0.39, 0.29) is 5.91 Å². The standard InChI is InChI=1S/C16H15N3O2/c1-21-13-4-5-15(18-10-13)19-16(20)9-11-2-3-12-6-7-17-14(12)8-11/h2-8,10,17H,9H2,1H3,(H,18,19,20). The van der Waals surface area contributed by atoms with Gasteiger partial charge in [-0.2, -0.15) is 0 Å². The smallest absolute Gasteiger partial charge is 0.229 e. The molecule has 0 aliphatic carbocycles. The van der Waals surface area contributed by atoms with E-state index in [0.29, 0.717) is 18.0 Å². The third-order valence-electron chi connectivity index (χ3n) is 3.22. The number of rotatable bonds is 4. The lowest BCUT2D eigenvalue weighted by molar-refractivity contribution is -0.115. The molecule has 2 N–H and O–H groups in total. The molecule has 0 atom stereocenters. The average Bonchev–Trinajstić information content (AvgIpc) is 2.95. The van der Waals surface area contributed by atoms with Crippen molar-refractivity contribution < 1.29 is 9.53 Å². The lowest BCUT2D eigenvalue weighted by Crippen LogP contribution is -2.15. The lowest BCUT2D eigenvalue weighted by Gasteiger charge is -2.05. The second-order valence-corrected chi connectivity index (χ2v) is 4.71. The summed E-state index contributed by atoms with van der Waals surface area (Å²) < 4.78 is 5.02. The van der Waals surface area contributed by atoms with E-state index in [1.165, 1.54) is 0 Å². The zero-order chi connectivity index (χ0) is 14.7. The fourth-order valence-corrected chi connectivity index (χ4v) is 2.15. The number of H-pyrrole nitrogens is 1. The number of hydrogen-bond acceptors (Lipinski definition) is 3. The Morgan fingerprint density at radius 1 is 1.29 bits per heavy atom. The van der Waals surface area contributed by atoms with Crippen LogP contribution >= 0.6 is 0 Å². The summed E-state index contributed by atoms with van der Waals surface area (Å²) in [6.07, 6.45) is 3.76. The Balaban J connectivity index is 1.67. The van der Waals surface area contributed by atoms with Gasteiger partial charge in [-0.3, -0.25) is 4.79 Å². The van der Waals surface area contributed by atoms with Crippen molar-refractivity contribution in [2.24, 2.45) is 0 Å². The molecule has 3 aromatic rings. The van der Waals surface area contributed by atoms with Gasteiger partial charge in [-0.05, 0) is 35.2 Å². The van der Waals surface area contributed by atoms with Crippen molar-refractivity contribution in [1.29, 1.82) is 0 Å². The zero-order valence-corrected chi connectivity index (χ0v) is 11.6. The van der Waals surface area contributed by atoms with Crippen LogP contribution in [0.2, 0.25) is 0 Å². The Hall–Kier alpha value is -2.82. The highest BCUT2D eigenvalue weighted by atomic mass is 16.5. The number of methoxy groups -OCH3 is 1. The van der Waals surface area contributed by atoms with Crippen molar-refractivity contribution in [2.45, 2.75) is 6.42 Å². The van der Waals surface area contributed by atoms with Gasteiger partial charge in [-0.25, -0.2) is 4.98 Å². The highest BCUT2D eigenvalue weighted by molar-refractivity contribution is 5.92. The number of aromatic nitrogens is 2. The summed E-state index contributed by atoms with van der Waals surface area (Å²) in [6, 6.07) is 11.4. The molecule has 0 fully saturated rings. The van der Waals surface area contributed by atoms with Crippen LogP contribution in [0.3, 0.4) is 0 Å². The number of nitrogens with zero attached hydrogens (tertiary/aromatic N) is 1. The third kappa shape index (κ3) is 3.02. The predicted molar refractivity (Wildman–Crippen MR) is 81.4 cm³/mol. The molecule has 2 heterocycles.